The standard InChI is InChI=1S/C17H15Cl2N3O2S/c1-8-5-9(7-24-2)13-14(20)15(25-17(13)21-8)16(23)22-12-4-3-10(18)6-11(12)19/h3-6H,7,20H2,1-2H3,(H,22,23). The van der Waals surface area contributed by atoms with Gasteiger partial charge < -0.3 is 15.8 Å². The molecule has 0 spiro atoms. The Morgan fingerprint density at radius 1 is 1.36 bits per heavy atom. The number of rotatable bonds is 4. The summed E-state index contributed by atoms with van der Waals surface area (Å²) in [4.78, 5) is 18.2. The van der Waals surface area contributed by atoms with E-state index in [0.717, 1.165) is 16.6 Å². The van der Waals surface area contributed by atoms with Crippen LogP contribution >= 0.6 is 34.5 Å². The number of methoxy groups -OCH3 is 1. The van der Waals surface area contributed by atoms with Crippen LogP contribution in [0.15, 0.2) is 24.3 Å². The monoisotopic (exact) mass is 395 g/mol. The predicted octanol–water partition coefficient (Wildman–Crippen LogP) is 4.89. The number of aryl methyl sites for hydroxylation is 1. The molecule has 0 fully saturated rings. The molecule has 3 aromatic rings. The van der Waals surface area contributed by atoms with E-state index in [1.165, 1.54) is 11.3 Å². The number of thiophene rings is 1. The zero-order chi connectivity index (χ0) is 18.1. The molecular weight excluding hydrogens is 381 g/mol. The molecule has 0 saturated heterocycles. The Labute approximate surface area is 158 Å². The fourth-order valence-corrected chi connectivity index (χ4v) is 4.08. The van der Waals surface area contributed by atoms with E-state index in [-0.39, 0.29) is 5.91 Å². The van der Waals surface area contributed by atoms with Crippen LogP contribution in [0.25, 0.3) is 10.2 Å². The maximum Gasteiger partial charge on any atom is 0.267 e. The molecule has 0 unspecified atom stereocenters. The van der Waals surface area contributed by atoms with Crippen molar-refractivity contribution in [3.8, 4) is 0 Å². The van der Waals surface area contributed by atoms with Crippen LogP contribution in [-0.4, -0.2) is 18.0 Å². The van der Waals surface area contributed by atoms with Gasteiger partial charge in [-0.3, -0.25) is 4.79 Å². The van der Waals surface area contributed by atoms with Crippen LogP contribution in [-0.2, 0) is 11.3 Å². The summed E-state index contributed by atoms with van der Waals surface area (Å²) in [5.74, 6) is -0.342. The van der Waals surface area contributed by atoms with Crippen molar-refractivity contribution in [1.29, 1.82) is 0 Å². The Kier molecular flexibility index (Phi) is 5.15. The number of hydrogen-bond donors (Lipinski definition) is 2. The average Bonchev–Trinajstić information content (AvgIpc) is 2.87. The summed E-state index contributed by atoms with van der Waals surface area (Å²) in [6.45, 7) is 2.28. The number of nitrogen functional groups attached to an aromatic ring is 1. The number of carbonyl (C=O) groups excluding carboxylic acids is 1. The average molecular weight is 396 g/mol. The van der Waals surface area contributed by atoms with E-state index in [2.05, 4.69) is 10.3 Å². The molecule has 5 nitrogen and oxygen atoms in total. The van der Waals surface area contributed by atoms with Crippen LogP contribution < -0.4 is 11.1 Å². The largest absolute Gasteiger partial charge is 0.397 e. The van der Waals surface area contributed by atoms with Crippen molar-refractivity contribution in [2.75, 3.05) is 18.2 Å². The topological polar surface area (TPSA) is 77.2 Å². The lowest BCUT2D eigenvalue weighted by molar-refractivity contribution is 0.103. The highest BCUT2D eigenvalue weighted by Crippen LogP contribution is 2.36. The van der Waals surface area contributed by atoms with Crippen LogP contribution in [0.4, 0.5) is 11.4 Å². The highest BCUT2D eigenvalue weighted by molar-refractivity contribution is 7.21. The minimum atomic E-state index is -0.342. The fraction of sp³-hybridized carbons (Fsp3) is 0.176. The molecule has 0 atom stereocenters. The first-order chi connectivity index (χ1) is 11.9. The van der Waals surface area contributed by atoms with Gasteiger partial charge in [0.1, 0.15) is 9.71 Å². The number of benzene rings is 1. The van der Waals surface area contributed by atoms with Gasteiger partial charge in [0.25, 0.3) is 5.91 Å². The first-order valence-corrected chi connectivity index (χ1v) is 8.91. The lowest BCUT2D eigenvalue weighted by Gasteiger charge is -2.07. The summed E-state index contributed by atoms with van der Waals surface area (Å²) in [7, 11) is 1.61. The molecule has 1 amide bonds. The van der Waals surface area contributed by atoms with Gasteiger partial charge in [0.15, 0.2) is 0 Å². The van der Waals surface area contributed by atoms with E-state index in [1.807, 2.05) is 13.0 Å². The molecule has 8 heteroatoms. The van der Waals surface area contributed by atoms with Gasteiger partial charge in [-0.15, -0.1) is 11.3 Å². The molecule has 0 aliphatic heterocycles. The smallest absolute Gasteiger partial charge is 0.267 e. The molecule has 0 saturated carbocycles. The molecular formula is C17H15Cl2N3O2S. The number of anilines is 2. The maximum absolute atomic E-state index is 12.7. The Morgan fingerprint density at radius 2 is 2.12 bits per heavy atom. The van der Waals surface area contributed by atoms with Crippen molar-refractivity contribution in [2.45, 2.75) is 13.5 Å². The van der Waals surface area contributed by atoms with E-state index in [1.54, 1.807) is 25.3 Å². The molecule has 0 aliphatic carbocycles. The molecule has 2 aromatic heterocycles. The van der Waals surface area contributed by atoms with Gasteiger partial charge in [-0.2, -0.15) is 0 Å². The number of halogens is 2. The van der Waals surface area contributed by atoms with Gasteiger partial charge in [0, 0.05) is 23.2 Å². The Balaban J connectivity index is 2.02. The molecule has 0 radical (unpaired) electrons. The number of amides is 1. The number of hydrogen-bond acceptors (Lipinski definition) is 5. The first-order valence-electron chi connectivity index (χ1n) is 7.34. The van der Waals surface area contributed by atoms with Crippen molar-refractivity contribution in [3.05, 3.63) is 50.4 Å². The van der Waals surface area contributed by atoms with Crippen molar-refractivity contribution < 1.29 is 9.53 Å². The van der Waals surface area contributed by atoms with E-state index in [9.17, 15) is 4.79 Å². The van der Waals surface area contributed by atoms with E-state index >= 15 is 0 Å². The lowest BCUT2D eigenvalue weighted by Crippen LogP contribution is -2.12. The predicted molar refractivity (Wildman–Crippen MR) is 104 cm³/mol. The number of carbonyl (C=O) groups is 1. The van der Waals surface area contributed by atoms with E-state index < -0.39 is 0 Å². The second-order valence-electron chi connectivity index (χ2n) is 5.46. The highest BCUT2D eigenvalue weighted by atomic mass is 35.5. The van der Waals surface area contributed by atoms with Gasteiger partial charge >= 0.3 is 0 Å². The molecule has 0 bridgehead atoms. The normalized spacial score (nSPS) is 11.0. The Hall–Kier alpha value is -1.86. The summed E-state index contributed by atoms with van der Waals surface area (Å²) >= 11 is 13.2. The Bertz CT molecular complexity index is 972. The zero-order valence-electron chi connectivity index (χ0n) is 13.5. The summed E-state index contributed by atoms with van der Waals surface area (Å²) < 4.78 is 5.23. The van der Waals surface area contributed by atoms with Crippen LogP contribution in [0.3, 0.4) is 0 Å². The van der Waals surface area contributed by atoms with Crippen LogP contribution in [0, 0.1) is 6.92 Å². The number of pyridine rings is 1. The van der Waals surface area contributed by atoms with Crippen molar-refractivity contribution >= 4 is 62.0 Å². The van der Waals surface area contributed by atoms with Crippen LogP contribution in [0.1, 0.15) is 20.9 Å². The maximum atomic E-state index is 12.7. The molecule has 2 heterocycles. The van der Waals surface area contributed by atoms with Crippen LogP contribution in [0.2, 0.25) is 10.0 Å². The minimum Gasteiger partial charge on any atom is -0.397 e. The summed E-state index contributed by atoms with van der Waals surface area (Å²) in [5, 5.41) is 4.37. The Morgan fingerprint density at radius 3 is 2.80 bits per heavy atom. The molecule has 3 rings (SSSR count). The van der Waals surface area contributed by atoms with E-state index in [4.69, 9.17) is 33.7 Å². The van der Waals surface area contributed by atoms with Crippen molar-refractivity contribution in [2.24, 2.45) is 0 Å². The number of aromatic nitrogens is 1. The third kappa shape index (κ3) is 3.57. The zero-order valence-corrected chi connectivity index (χ0v) is 15.9. The number of nitrogens with two attached hydrogens (primary N) is 1. The summed E-state index contributed by atoms with van der Waals surface area (Å²) in [6.07, 6.45) is 0. The molecule has 25 heavy (non-hydrogen) atoms. The number of ether oxygens (including phenoxy) is 1. The van der Waals surface area contributed by atoms with Crippen molar-refractivity contribution in [3.63, 3.8) is 0 Å². The second-order valence-corrected chi connectivity index (χ2v) is 7.30. The summed E-state index contributed by atoms with van der Waals surface area (Å²) in [5.41, 5.74) is 8.84. The molecule has 3 N–H and O–H groups in total. The first kappa shape index (κ1) is 17.9. The van der Waals surface area contributed by atoms with Gasteiger partial charge in [0.2, 0.25) is 0 Å². The van der Waals surface area contributed by atoms with Gasteiger partial charge in [-0.25, -0.2) is 4.98 Å². The van der Waals surface area contributed by atoms with Gasteiger partial charge in [-0.1, -0.05) is 23.2 Å². The second kappa shape index (κ2) is 7.17. The number of fused-ring (bicyclic) bond motifs is 1. The number of nitrogens with zero attached hydrogens (tertiary/aromatic N) is 1. The third-order valence-electron chi connectivity index (χ3n) is 3.59. The van der Waals surface area contributed by atoms with Gasteiger partial charge in [-0.05, 0) is 36.8 Å². The molecule has 0 aliphatic rings. The minimum absolute atomic E-state index is 0.342. The SMILES string of the molecule is COCc1cc(C)nc2sc(C(=O)Nc3ccc(Cl)cc3Cl)c(N)c12. The van der Waals surface area contributed by atoms with E-state index in [0.29, 0.717) is 37.7 Å². The fourth-order valence-electron chi connectivity index (χ4n) is 2.55. The quantitative estimate of drug-likeness (QED) is 0.658. The number of nitrogens with one attached hydrogen (secondary N) is 1. The third-order valence-corrected chi connectivity index (χ3v) is 5.24. The molecule has 130 valence electrons. The lowest BCUT2D eigenvalue weighted by atomic mass is 10.1. The molecule has 1 aromatic carbocycles. The highest BCUT2D eigenvalue weighted by Gasteiger charge is 2.20. The summed E-state index contributed by atoms with van der Waals surface area (Å²) in [6, 6.07) is 6.77. The van der Waals surface area contributed by atoms with Crippen LogP contribution in [0.5, 0.6) is 0 Å². The van der Waals surface area contributed by atoms with Gasteiger partial charge in [0.05, 0.1) is 23.0 Å². The van der Waals surface area contributed by atoms with Crippen molar-refractivity contribution in [1.82, 2.24) is 4.98 Å².